The van der Waals surface area contributed by atoms with Crippen LogP contribution in [0.2, 0.25) is 0 Å². The van der Waals surface area contributed by atoms with Crippen molar-refractivity contribution in [3.63, 3.8) is 0 Å². The molecule has 0 amide bonds. The highest BCUT2D eigenvalue weighted by atomic mass is 35.5. The Morgan fingerprint density at radius 1 is 1.30 bits per heavy atom. The van der Waals surface area contributed by atoms with Crippen molar-refractivity contribution >= 4 is 23.3 Å². The Balaban J connectivity index is 0.00000200. The first kappa shape index (κ1) is 16.7. The van der Waals surface area contributed by atoms with Gasteiger partial charge in [-0.1, -0.05) is 6.07 Å². The minimum Gasteiger partial charge on any atom is -0.507 e. The van der Waals surface area contributed by atoms with E-state index in [-0.39, 0.29) is 24.7 Å². The fraction of sp³-hybridized carbons (Fsp3) is 0.385. The summed E-state index contributed by atoms with van der Waals surface area (Å²) in [6, 6.07) is 5.18. The van der Waals surface area contributed by atoms with Crippen molar-refractivity contribution in [2.24, 2.45) is 7.05 Å². The molecule has 0 aliphatic heterocycles. The van der Waals surface area contributed by atoms with E-state index in [2.05, 4.69) is 5.32 Å². The summed E-state index contributed by atoms with van der Waals surface area (Å²) in [6.45, 7) is -0.781. The third-order valence-electron chi connectivity index (χ3n) is 2.97. The first-order chi connectivity index (χ1) is 8.88. The van der Waals surface area contributed by atoms with Crippen LogP contribution in [-0.2, 0) is 13.5 Å². The smallest absolute Gasteiger partial charge is 0.401 e. The number of phenols is 1. The third-order valence-corrected chi connectivity index (χ3v) is 2.97. The van der Waals surface area contributed by atoms with Crippen molar-refractivity contribution in [2.45, 2.75) is 12.6 Å². The molecule has 0 aliphatic carbocycles. The largest absolute Gasteiger partial charge is 0.507 e. The number of aryl methyl sites for hydroxylation is 1. The molecule has 2 N–H and O–H groups in total. The predicted molar refractivity (Wildman–Crippen MR) is 74.5 cm³/mol. The molecule has 2 aromatic rings. The van der Waals surface area contributed by atoms with Crippen LogP contribution in [0.3, 0.4) is 0 Å². The Bertz CT molecular complexity index is 581. The van der Waals surface area contributed by atoms with Crippen LogP contribution in [0, 0.1) is 0 Å². The number of rotatable bonds is 4. The molecule has 1 heterocycles. The highest BCUT2D eigenvalue weighted by Crippen LogP contribution is 2.29. The van der Waals surface area contributed by atoms with Crippen molar-refractivity contribution in [1.29, 1.82) is 0 Å². The van der Waals surface area contributed by atoms with E-state index in [1.165, 1.54) is 0 Å². The fourth-order valence-electron chi connectivity index (χ4n) is 2.16. The fourth-order valence-corrected chi connectivity index (χ4v) is 2.16. The first-order valence-corrected chi connectivity index (χ1v) is 5.92. The van der Waals surface area contributed by atoms with Crippen LogP contribution >= 0.6 is 12.4 Å². The van der Waals surface area contributed by atoms with Gasteiger partial charge in [0.15, 0.2) is 0 Å². The summed E-state index contributed by atoms with van der Waals surface area (Å²) in [7, 11) is 1.84. The van der Waals surface area contributed by atoms with Gasteiger partial charge in [-0.15, -0.1) is 12.4 Å². The quantitative estimate of drug-likeness (QED) is 0.852. The Hall–Kier alpha value is -1.40. The minimum atomic E-state index is -4.19. The van der Waals surface area contributed by atoms with E-state index in [9.17, 15) is 18.3 Å². The van der Waals surface area contributed by atoms with Crippen molar-refractivity contribution in [2.75, 3.05) is 13.1 Å². The summed E-state index contributed by atoms with van der Waals surface area (Å²) >= 11 is 0. The molecule has 3 nitrogen and oxygen atoms in total. The summed E-state index contributed by atoms with van der Waals surface area (Å²) in [5, 5.41) is 12.9. The van der Waals surface area contributed by atoms with Crippen LogP contribution in [0.25, 0.3) is 10.9 Å². The lowest BCUT2D eigenvalue weighted by Crippen LogP contribution is -2.30. The van der Waals surface area contributed by atoms with E-state index < -0.39 is 12.7 Å². The topological polar surface area (TPSA) is 37.2 Å². The molecular weight excluding hydrogens is 293 g/mol. The van der Waals surface area contributed by atoms with Gasteiger partial charge in [-0.2, -0.15) is 13.2 Å². The Morgan fingerprint density at radius 3 is 2.65 bits per heavy atom. The molecule has 1 aromatic heterocycles. The molecule has 0 unspecified atom stereocenters. The van der Waals surface area contributed by atoms with Crippen molar-refractivity contribution in [3.05, 3.63) is 30.0 Å². The van der Waals surface area contributed by atoms with Crippen molar-refractivity contribution in [1.82, 2.24) is 9.88 Å². The molecule has 1 aromatic carbocycles. The second-order valence-electron chi connectivity index (χ2n) is 4.48. The average Bonchev–Trinajstić information content (AvgIpc) is 2.62. The van der Waals surface area contributed by atoms with Gasteiger partial charge in [0, 0.05) is 18.6 Å². The first-order valence-electron chi connectivity index (χ1n) is 5.92. The van der Waals surface area contributed by atoms with Gasteiger partial charge >= 0.3 is 6.18 Å². The number of aromatic hydroxyl groups is 1. The molecule has 0 spiro atoms. The van der Waals surface area contributed by atoms with Gasteiger partial charge < -0.3 is 15.0 Å². The summed E-state index contributed by atoms with van der Waals surface area (Å²) < 4.78 is 37.8. The molecule has 0 bridgehead atoms. The molecule has 0 saturated carbocycles. The summed E-state index contributed by atoms with van der Waals surface area (Å²) in [5.74, 6) is 0.156. The molecule has 0 radical (unpaired) electrons. The number of phenolic OH excluding ortho intramolecular Hbond substituents is 1. The number of nitrogens with zero attached hydrogens (tertiary/aromatic N) is 1. The monoisotopic (exact) mass is 308 g/mol. The summed E-state index contributed by atoms with van der Waals surface area (Å²) in [5.41, 5.74) is 1.70. The van der Waals surface area contributed by atoms with E-state index in [1.807, 2.05) is 23.9 Å². The maximum atomic E-state index is 12.0. The van der Waals surface area contributed by atoms with E-state index in [4.69, 9.17) is 0 Å². The van der Waals surface area contributed by atoms with Crippen LogP contribution < -0.4 is 5.32 Å². The van der Waals surface area contributed by atoms with Gasteiger partial charge in [-0.25, -0.2) is 0 Å². The van der Waals surface area contributed by atoms with E-state index in [0.29, 0.717) is 11.8 Å². The van der Waals surface area contributed by atoms with Gasteiger partial charge in [0.25, 0.3) is 0 Å². The number of nitrogens with one attached hydrogen (secondary N) is 1. The minimum absolute atomic E-state index is 0. The molecule has 0 aliphatic rings. The van der Waals surface area contributed by atoms with Crippen LogP contribution in [-0.4, -0.2) is 28.9 Å². The highest BCUT2D eigenvalue weighted by molar-refractivity contribution is 5.89. The molecular formula is C13H16ClF3N2O. The van der Waals surface area contributed by atoms with Gasteiger partial charge in [-0.3, -0.25) is 0 Å². The number of benzene rings is 1. The van der Waals surface area contributed by atoms with Crippen LogP contribution in [0.15, 0.2) is 24.4 Å². The molecule has 0 atom stereocenters. The predicted octanol–water partition coefficient (Wildman–Crippen LogP) is 3.00. The molecule has 0 fully saturated rings. The van der Waals surface area contributed by atoms with Gasteiger partial charge in [0.2, 0.25) is 0 Å². The van der Waals surface area contributed by atoms with Crippen molar-refractivity contribution in [3.8, 4) is 5.75 Å². The van der Waals surface area contributed by atoms with Crippen LogP contribution in [0.1, 0.15) is 5.56 Å². The molecule has 0 saturated heterocycles. The van der Waals surface area contributed by atoms with E-state index in [1.54, 1.807) is 12.1 Å². The second kappa shape index (κ2) is 6.37. The number of alkyl halides is 3. The van der Waals surface area contributed by atoms with Gasteiger partial charge in [0.05, 0.1) is 12.1 Å². The van der Waals surface area contributed by atoms with Crippen LogP contribution in [0.4, 0.5) is 13.2 Å². The Kier molecular flexibility index (Phi) is 5.30. The molecule has 20 heavy (non-hydrogen) atoms. The van der Waals surface area contributed by atoms with E-state index >= 15 is 0 Å². The lowest BCUT2D eigenvalue weighted by atomic mass is 10.1. The van der Waals surface area contributed by atoms with Crippen LogP contribution in [0.5, 0.6) is 5.75 Å². The number of aromatic nitrogens is 1. The third kappa shape index (κ3) is 3.80. The number of fused-ring (bicyclic) bond motifs is 1. The zero-order valence-electron chi connectivity index (χ0n) is 10.9. The standard InChI is InChI=1S/C13H15F3N2O.ClH/c1-18-7-9(5-6-17-8-13(14,15)16)12-10(18)3-2-4-11(12)19;/h2-4,7,17,19H,5-6,8H2,1H3;1H. The normalized spacial score (nSPS) is 11.6. The second-order valence-corrected chi connectivity index (χ2v) is 4.48. The zero-order chi connectivity index (χ0) is 14.0. The maximum absolute atomic E-state index is 12.0. The number of hydrogen-bond donors (Lipinski definition) is 2. The van der Waals surface area contributed by atoms with E-state index in [0.717, 1.165) is 11.1 Å². The zero-order valence-corrected chi connectivity index (χ0v) is 11.7. The van der Waals surface area contributed by atoms with Crippen molar-refractivity contribution < 1.29 is 18.3 Å². The summed E-state index contributed by atoms with van der Waals surface area (Å²) in [4.78, 5) is 0. The number of halogens is 4. The maximum Gasteiger partial charge on any atom is 0.401 e. The number of hydrogen-bond acceptors (Lipinski definition) is 2. The highest BCUT2D eigenvalue weighted by Gasteiger charge is 2.26. The summed E-state index contributed by atoms with van der Waals surface area (Å²) in [6.07, 6.45) is -1.93. The van der Waals surface area contributed by atoms with Gasteiger partial charge in [0.1, 0.15) is 5.75 Å². The SMILES string of the molecule is Cl.Cn1cc(CCNCC(F)(F)F)c2c(O)cccc21. The molecule has 112 valence electrons. The lowest BCUT2D eigenvalue weighted by Gasteiger charge is -2.07. The molecule has 2 rings (SSSR count). The average molecular weight is 309 g/mol. The van der Waals surface area contributed by atoms with Gasteiger partial charge in [-0.05, 0) is 30.7 Å². The Labute approximate surface area is 120 Å². The Morgan fingerprint density at radius 2 is 2.00 bits per heavy atom. The molecule has 7 heteroatoms. The lowest BCUT2D eigenvalue weighted by molar-refractivity contribution is -0.124.